The van der Waals surface area contributed by atoms with Crippen molar-refractivity contribution >= 4 is 5.97 Å². The molecule has 5 heteroatoms. The van der Waals surface area contributed by atoms with Gasteiger partial charge in [0.1, 0.15) is 0 Å². The van der Waals surface area contributed by atoms with Crippen LogP contribution >= 0.6 is 0 Å². The fraction of sp³-hybridized carbons (Fsp3) is 0.929. The van der Waals surface area contributed by atoms with Crippen LogP contribution in [0.4, 0.5) is 0 Å². The van der Waals surface area contributed by atoms with E-state index in [-0.39, 0.29) is 13.2 Å². The Balaban J connectivity index is 0. The fourth-order valence-corrected chi connectivity index (χ4v) is 1.39. The Morgan fingerprint density at radius 3 is 1.89 bits per heavy atom. The van der Waals surface area contributed by atoms with Crippen molar-refractivity contribution in [1.82, 2.24) is 5.32 Å². The maximum absolute atomic E-state index is 10.2. The SMILES string of the molecule is CC(C)(C)CCCCCC(=O)O.OCCNCCO. The Kier molecular flexibility index (Phi) is 15.0. The number of carboxylic acids is 1. The average Bonchev–Trinajstić information content (AvgIpc) is 2.28. The number of carbonyl (C=O) groups is 1. The molecule has 0 aromatic heterocycles. The Labute approximate surface area is 117 Å². The lowest BCUT2D eigenvalue weighted by atomic mass is 9.89. The molecule has 19 heavy (non-hydrogen) atoms. The van der Waals surface area contributed by atoms with Crippen LogP contribution in [0.15, 0.2) is 0 Å². The van der Waals surface area contributed by atoms with Crippen molar-refractivity contribution < 1.29 is 20.1 Å². The van der Waals surface area contributed by atoms with E-state index < -0.39 is 5.97 Å². The summed E-state index contributed by atoms with van der Waals surface area (Å²) in [5.74, 6) is -0.675. The number of unbranched alkanes of at least 4 members (excludes halogenated alkanes) is 2. The first-order valence-corrected chi connectivity index (χ1v) is 6.97. The average molecular weight is 277 g/mol. The molecule has 0 aliphatic heterocycles. The van der Waals surface area contributed by atoms with Crippen molar-refractivity contribution in [3.05, 3.63) is 0 Å². The van der Waals surface area contributed by atoms with Gasteiger partial charge >= 0.3 is 5.97 Å². The Bertz CT molecular complexity index is 198. The van der Waals surface area contributed by atoms with E-state index in [0.717, 1.165) is 19.3 Å². The molecule has 5 nitrogen and oxygen atoms in total. The summed E-state index contributed by atoms with van der Waals surface area (Å²) >= 11 is 0. The van der Waals surface area contributed by atoms with E-state index in [0.29, 0.717) is 24.9 Å². The Hall–Kier alpha value is -0.650. The summed E-state index contributed by atoms with van der Waals surface area (Å²) in [5.41, 5.74) is 0.392. The van der Waals surface area contributed by atoms with Gasteiger partial charge in [-0.15, -0.1) is 0 Å². The van der Waals surface area contributed by atoms with E-state index in [1.165, 1.54) is 6.42 Å². The number of nitrogens with one attached hydrogen (secondary N) is 1. The first-order chi connectivity index (χ1) is 8.83. The van der Waals surface area contributed by atoms with Gasteiger partial charge in [0.05, 0.1) is 13.2 Å². The summed E-state index contributed by atoms with van der Waals surface area (Å²) in [4.78, 5) is 10.2. The van der Waals surface area contributed by atoms with Crippen LogP contribution in [0.2, 0.25) is 0 Å². The molecule has 0 bridgehead atoms. The number of carboxylic acid groups (broad SMARTS) is 1. The molecule has 0 rings (SSSR count). The van der Waals surface area contributed by atoms with Crippen LogP contribution in [0.1, 0.15) is 52.9 Å². The summed E-state index contributed by atoms with van der Waals surface area (Å²) in [5, 5.41) is 27.5. The van der Waals surface area contributed by atoms with E-state index in [9.17, 15) is 4.79 Å². The third-order valence-electron chi connectivity index (χ3n) is 2.39. The molecule has 0 radical (unpaired) electrons. The van der Waals surface area contributed by atoms with Crippen LogP contribution in [0.3, 0.4) is 0 Å². The molecule has 0 amide bonds. The molecule has 0 saturated carbocycles. The monoisotopic (exact) mass is 277 g/mol. The lowest BCUT2D eigenvalue weighted by Gasteiger charge is -2.17. The lowest BCUT2D eigenvalue weighted by molar-refractivity contribution is -0.137. The van der Waals surface area contributed by atoms with E-state index >= 15 is 0 Å². The van der Waals surface area contributed by atoms with Gasteiger partial charge in [-0.1, -0.05) is 33.6 Å². The van der Waals surface area contributed by atoms with Crippen LogP contribution in [0, 0.1) is 5.41 Å². The summed E-state index contributed by atoms with van der Waals surface area (Å²) in [6.07, 6.45) is 4.53. The smallest absolute Gasteiger partial charge is 0.303 e. The van der Waals surface area contributed by atoms with Gasteiger partial charge in [-0.2, -0.15) is 0 Å². The predicted octanol–water partition coefficient (Wildman–Crippen LogP) is 1.63. The number of hydrogen-bond acceptors (Lipinski definition) is 4. The third kappa shape index (κ3) is 26.8. The lowest BCUT2D eigenvalue weighted by Crippen LogP contribution is -2.21. The second-order valence-corrected chi connectivity index (χ2v) is 5.71. The van der Waals surface area contributed by atoms with Crippen LogP contribution in [-0.2, 0) is 4.79 Å². The zero-order chi connectivity index (χ0) is 15.1. The number of aliphatic carboxylic acids is 1. The van der Waals surface area contributed by atoms with Crippen LogP contribution in [0.5, 0.6) is 0 Å². The Morgan fingerprint density at radius 2 is 1.53 bits per heavy atom. The first-order valence-electron chi connectivity index (χ1n) is 6.97. The molecule has 0 spiro atoms. The molecule has 0 aliphatic carbocycles. The minimum Gasteiger partial charge on any atom is -0.481 e. The largest absolute Gasteiger partial charge is 0.481 e. The maximum atomic E-state index is 10.2. The van der Waals surface area contributed by atoms with Gasteiger partial charge in [0.25, 0.3) is 0 Å². The quantitative estimate of drug-likeness (QED) is 0.481. The third-order valence-corrected chi connectivity index (χ3v) is 2.39. The van der Waals surface area contributed by atoms with Gasteiger partial charge in [0.15, 0.2) is 0 Å². The summed E-state index contributed by atoms with van der Waals surface area (Å²) in [6.45, 7) is 8.06. The van der Waals surface area contributed by atoms with Crippen LogP contribution in [-0.4, -0.2) is 47.6 Å². The van der Waals surface area contributed by atoms with E-state index in [1.807, 2.05) is 0 Å². The standard InChI is InChI=1S/C10H20O2.C4H11NO2/c1-10(2,3)8-6-4-5-7-9(11)12;6-3-1-5-2-4-7/h4-8H2,1-3H3,(H,11,12);5-7H,1-4H2. The van der Waals surface area contributed by atoms with Gasteiger partial charge in [0.2, 0.25) is 0 Å². The Morgan fingerprint density at radius 1 is 1.00 bits per heavy atom. The molecule has 0 aromatic carbocycles. The second kappa shape index (κ2) is 13.8. The van der Waals surface area contributed by atoms with Crippen molar-refractivity contribution in [3.8, 4) is 0 Å². The molecular weight excluding hydrogens is 246 g/mol. The van der Waals surface area contributed by atoms with E-state index in [4.69, 9.17) is 15.3 Å². The highest BCUT2D eigenvalue weighted by atomic mass is 16.4. The molecular formula is C14H31NO4. The highest BCUT2D eigenvalue weighted by molar-refractivity contribution is 5.66. The molecule has 4 N–H and O–H groups in total. The molecule has 0 aliphatic rings. The highest BCUT2D eigenvalue weighted by Gasteiger charge is 2.08. The normalized spacial score (nSPS) is 10.8. The van der Waals surface area contributed by atoms with Gasteiger partial charge in [-0.3, -0.25) is 4.79 Å². The van der Waals surface area contributed by atoms with Crippen molar-refractivity contribution in [2.24, 2.45) is 5.41 Å². The van der Waals surface area contributed by atoms with Gasteiger partial charge < -0.3 is 20.6 Å². The second-order valence-electron chi connectivity index (χ2n) is 5.71. The molecule has 0 unspecified atom stereocenters. The van der Waals surface area contributed by atoms with Crippen molar-refractivity contribution in [2.45, 2.75) is 52.9 Å². The highest BCUT2D eigenvalue weighted by Crippen LogP contribution is 2.22. The van der Waals surface area contributed by atoms with Gasteiger partial charge in [-0.25, -0.2) is 0 Å². The van der Waals surface area contributed by atoms with E-state index in [1.54, 1.807) is 0 Å². The summed E-state index contributed by atoms with van der Waals surface area (Å²) < 4.78 is 0. The van der Waals surface area contributed by atoms with Crippen molar-refractivity contribution in [1.29, 1.82) is 0 Å². The number of hydrogen-bond donors (Lipinski definition) is 4. The first kappa shape index (κ1) is 20.7. The van der Waals surface area contributed by atoms with Crippen LogP contribution in [0.25, 0.3) is 0 Å². The van der Waals surface area contributed by atoms with Crippen LogP contribution < -0.4 is 5.32 Å². The molecule has 0 aromatic rings. The minimum atomic E-state index is -0.675. The molecule has 0 heterocycles. The zero-order valence-corrected chi connectivity index (χ0v) is 12.6. The molecule has 0 atom stereocenters. The maximum Gasteiger partial charge on any atom is 0.303 e. The number of aliphatic hydroxyl groups is 2. The zero-order valence-electron chi connectivity index (χ0n) is 12.6. The van der Waals surface area contributed by atoms with Crippen molar-refractivity contribution in [2.75, 3.05) is 26.3 Å². The van der Waals surface area contributed by atoms with E-state index in [2.05, 4.69) is 26.1 Å². The number of rotatable bonds is 9. The number of aliphatic hydroxyl groups excluding tert-OH is 2. The minimum absolute atomic E-state index is 0.139. The molecule has 0 fully saturated rings. The molecule has 116 valence electrons. The summed E-state index contributed by atoms with van der Waals surface area (Å²) in [7, 11) is 0. The fourth-order valence-electron chi connectivity index (χ4n) is 1.39. The molecule has 0 saturated heterocycles. The summed E-state index contributed by atoms with van der Waals surface area (Å²) in [6, 6.07) is 0. The van der Waals surface area contributed by atoms with Gasteiger partial charge in [-0.05, 0) is 18.3 Å². The predicted molar refractivity (Wildman–Crippen MR) is 77.2 cm³/mol. The topological polar surface area (TPSA) is 89.8 Å². The van der Waals surface area contributed by atoms with Crippen molar-refractivity contribution in [3.63, 3.8) is 0 Å². The van der Waals surface area contributed by atoms with Gasteiger partial charge in [0, 0.05) is 19.5 Å².